The summed E-state index contributed by atoms with van der Waals surface area (Å²) < 4.78 is 4.79. The van der Waals surface area contributed by atoms with Crippen molar-refractivity contribution in [3.05, 3.63) is 102 Å². The topological polar surface area (TPSA) is 64.4 Å². The third kappa shape index (κ3) is 4.58. The molecule has 0 fully saturated rings. The molecule has 30 heavy (non-hydrogen) atoms. The lowest BCUT2D eigenvalue weighted by atomic mass is 10.0. The van der Waals surface area contributed by atoms with Gasteiger partial charge in [0.1, 0.15) is 0 Å². The molecule has 1 atom stereocenters. The molecule has 2 aromatic heterocycles. The molecule has 148 valence electrons. The Morgan fingerprint density at radius 2 is 1.83 bits per heavy atom. The van der Waals surface area contributed by atoms with Crippen LogP contribution < -0.4 is 0 Å². The van der Waals surface area contributed by atoms with E-state index >= 15 is 0 Å². The van der Waals surface area contributed by atoms with Crippen LogP contribution in [0.15, 0.2) is 84.1 Å². The van der Waals surface area contributed by atoms with Crippen LogP contribution in [-0.4, -0.2) is 28.5 Å². The number of hydrogen-bond acceptors (Lipinski definition) is 5. The van der Waals surface area contributed by atoms with Crippen molar-refractivity contribution in [1.29, 1.82) is 0 Å². The Balaban J connectivity index is 1.62. The van der Waals surface area contributed by atoms with E-state index in [-0.39, 0.29) is 5.97 Å². The van der Waals surface area contributed by atoms with E-state index in [0.717, 1.165) is 38.9 Å². The monoisotopic (exact) mass is 413 g/mol. The van der Waals surface area contributed by atoms with E-state index in [2.05, 4.69) is 30.3 Å². The largest absolute Gasteiger partial charge is 0.465 e. The van der Waals surface area contributed by atoms with Crippen LogP contribution >= 0.6 is 9.24 Å². The normalized spacial score (nSPS) is 11.5. The molecule has 0 aliphatic heterocycles. The predicted octanol–water partition coefficient (Wildman–Crippen LogP) is 4.96. The number of pyridine rings is 2. The van der Waals surface area contributed by atoms with Gasteiger partial charge in [-0.2, -0.15) is 0 Å². The fraction of sp³-hybridized carbons (Fsp3) is 0.0833. The van der Waals surface area contributed by atoms with Crippen LogP contribution in [0.5, 0.6) is 0 Å². The molecule has 0 N–H and O–H groups in total. The molecular weight excluding hydrogens is 393 g/mol. The first kappa shape index (κ1) is 19.9. The van der Waals surface area contributed by atoms with Gasteiger partial charge in [0, 0.05) is 23.7 Å². The van der Waals surface area contributed by atoms with E-state index in [1.54, 1.807) is 24.5 Å². The minimum Gasteiger partial charge on any atom is -0.465 e. The van der Waals surface area contributed by atoms with E-state index in [9.17, 15) is 4.79 Å². The number of carbonyl (C=O) groups is 1. The molecule has 6 heteroatoms. The number of ether oxygens (including phenoxy) is 1. The van der Waals surface area contributed by atoms with Gasteiger partial charge >= 0.3 is 5.97 Å². The van der Waals surface area contributed by atoms with Gasteiger partial charge in [0.15, 0.2) is 0 Å². The summed E-state index contributed by atoms with van der Waals surface area (Å²) in [5.74, 6) is -0.365. The number of esters is 1. The van der Waals surface area contributed by atoms with Gasteiger partial charge in [-0.05, 0) is 41.5 Å². The fourth-order valence-corrected chi connectivity index (χ4v) is 3.52. The second kappa shape index (κ2) is 8.93. The van der Waals surface area contributed by atoms with Gasteiger partial charge in [-0.25, -0.2) is 9.79 Å². The highest BCUT2D eigenvalue weighted by Crippen LogP contribution is 2.23. The number of fused-ring (bicyclic) bond motifs is 1. The Hall–Kier alpha value is -3.43. The minimum atomic E-state index is -0.365. The van der Waals surface area contributed by atoms with E-state index < -0.39 is 0 Å². The van der Waals surface area contributed by atoms with E-state index in [4.69, 9.17) is 4.74 Å². The smallest absolute Gasteiger partial charge is 0.337 e. The molecule has 0 bridgehead atoms. The molecular formula is C24H20N3O2P. The van der Waals surface area contributed by atoms with Gasteiger partial charge in [0.2, 0.25) is 0 Å². The molecule has 0 saturated heterocycles. The molecule has 1 unspecified atom stereocenters. The Morgan fingerprint density at radius 3 is 2.63 bits per heavy atom. The summed E-state index contributed by atoms with van der Waals surface area (Å²) in [7, 11) is 4.06. The zero-order valence-corrected chi connectivity index (χ0v) is 17.6. The van der Waals surface area contributed by atoms with Gasteiger partial charge in [-0.1, -0.05) is 45.6 Å². The lowest BCUT2D eigenvalue weighted by molar-refractivity contribution is 0.0600. The van der Waals surface area contributed by atoms with Crippen molar-refractivity contribution in [3.8, 4) is 0 Å². The van der Waals surface area contributed by atoms with E-state index in [0.29, 0.717) is 12.0 Å². The molecule has 0 aliphatic rings. The van der Waals surface area contributed by atoms with Crippen molar-refractivity contribution >= 4 is 37.3 Å². The maximum atomic E-state index is 11.7. The number of rotatable bonds is 5. The fourth-order valence-electron chi connectivity index (χ4n) is 3.18. The Kier molecular flexibility index (Phi) is 5.92. The quantitative estimate of drug-likeness (QED) is 0.264. The van der Waals surface area contributed by atoms with Crippen LogP contribution in [0.3, 0.4) is 0 Å². The van der Waals surface area contributed by atoms with Gasteiger partial charge in [0.05, 0.1) is 35.5 Å². The predicted molar refractivity (Wildman–Crippen MR) is 122 cm³/mol. The molecule has 0 saturated carbocycles. The number of benzene rings is 2. The van der Waals surface area contributed by atoms with Gasteiger partial charge in [0.25, 0.3) is 0 Å². The first-order valence-electron chi connectivity index (χ1n) is 9.44. The van der Waals surface area contributed by atoms with Crippen molar-refractivity contribution in [3.63, 3.8) is 0 Å². The molecule has 0 spiro atoms. The molecule has 4 aromatic rings. The molecule has 4 rings (SSSR count). The lowest BCUT2D eigenvalue weighted by Crippen LogP contribution is -2.03. The van der Waals surface area contributed by atoms with Gasteiger partial charge in [-0.3, -0.25) is 9.97 Å². The average molecular weight is 413 g/mol. The Labute approximate surface area is 177 Å². The summed E-state index contributed by atoms with van der Waals surface area (Å²) in [6.45, 7) is 0. The van der Waals surface area contributed by atoms with Crippen LogP contribution in [0.2, 0.25) is 0 Å². The Bertz CT molecular complexity index is 1240. The number of nitrogens with zero attached hydrogens (tertiary/aromatic N) is 3. The number of aliphatic imine (C=N–C) groups is 1. The first-order chi connectivity index (χ1) is 14.6. The summed E-state index contributed by atoms with van der Waals surface area (Å²) in [6, 6.07) is 21.5. The number of hydrogen-bond donors (Lipinski definition) is 0. The minimum absolute atomic E-state index is 0.365. The molecule has 0 radical (unpaired) electrons. The maximum absolute atomic E-state index is 11.7. The summed E-state index contributed by atoms with van der Waals surface area (Å²) >= 11 is 0. The maximum Gasteiger partial charge on any atom is 0.337 e. The van der Waals surface area contributed by atoms with E-state index in [1.165, 1.54) is 7.11 Å². The first-order valence-corrected chi connectivity index (χ1v) is 10.0. The van der Waals surface area contributed by atoms with Crippen LogP contribution in [0.4, 0.5) is 5.69 Å². The molecule has 2 aromatic carbocycles. The SMILES string of the molecule is COC(=O)c1ccnc(Cc2ccc3ncc(/N=C(\P)c4ccccc4)cc3c2)c1. The number of methoxy groups -OCH3 is 1. The summed E-state index contributed by atoms with van der Waals surface area (Å²) in [4.78, 5) is 25.3. The van der Waals surface area contributed by atoms with Crippen molar-refractivity contribution in [2.45, 2.75) is 6.42 Å². The summed E-state index contributed by atoms with van der Waals surface area (Å²) in [5.41, 5.74) is 5.98. The zero-order chi connectivity index (χ0) is 20.9. The lowest BCUT2D eigenvalue weighted by Gasteiger charge is -2.06. The molecule has 0 aliphatic carbocycles. The highest BCUT2D eigenvalue weighted by Gasteiger charge is 2.08. The molecule has 0 amide bonds. The van der Waals surface area contributed by atoms with Crippen LogP contribution in [0.25, 0.3) is 10.9 Å². The van der Waals surface area contributed by atoms with Crippen molar-refractivity contribution in [1.82, 2.24) is 9.97 Å². The van der Waals surface area contributed by atoms with Crippen LogP contribution in [-0.2, 0) is 11.2 Å². The average Bonchev–Trinajstić information content (AvgIpc) is 2.79. The zero-order valence-electron chi connectivity index (χ0n) is 16.4. The van der Waals surface area contributed by atoms with Gasteiger partial charge < -0.3 is 4.74 Å². The molecule has 5 nitrogen and oxygen atoms in total. The van der Waals surface area contributed by atoms with Crippen molar-refractivity contribution in [2.75, 3.05) is 7.11 Å². The third-order valence-electron chi connectivity index (χ3n) is 4.67. The summed E-state index contributed by atoms with van der Waals surface area (Å²) in [5, 5.41) is 1.00. The number of carbonyl (C=O) groups excluding carboxylic acids is 1. The van der Waals surface area contributed by atoms with Crippen LogP contribution in [0.1, 0.15) is 27.2 Å². The molecule has 2 heterocycles. The standard InChI is InChI=1S/C24H20N3O2P/c1-29-24(28)18-9-10-25-20(13-18)12-16-7-8-22-19(11-16)14-21(15-26-22)27-23(30)17-5-3-2-4-6-17/h2-11,13-15H,12,30H2,1H3/b27-23-. The van der Waals surface area contributed by atoms with Crippen molar-refractivity contribution < 1.29 is 9.53 Å². The highest BCUT2D eigenvalue weighted by molar-refractivity contribution is 7.42. The second-order valence-corrected chi connectivity index (χ2v) is 7.33. The van der Waals surface area contributed by atoms with Gasteiger partial charge in [-0.15, -0.1) is 0 Å². The van der Waals surface area contributed by atoms with Crippen molar-refractivity contribution in [2.24, 2.45) is 4.99 Å². The summed E-state index contributed by atoms with van der Waals surface area (Å²) in [6.07, 6.45) is 4.00. The third-order valence-corrected chi connectivity index (χ3v) is 5.14. The highest BCUT2D eigenvalue weighted by atomic mass is 31.0. The second-order valence-electron chi connectivity index (χ2n) is 6.79. The number of aromatic nitrogens is 2. The van der Waals surface area contributed by atoms with Crippen LogP contribution in [0, 0.1) is 0 Å². The Morgan fingerprint density at radius 1 is 1.00 bits per heavy atom. The van der Waals surface area contributed by atoms with E-state index in [1.807, 2.05) is 48.5 Å².